The van der Waals surface area contributed by atoms with E-state index in [1.165, 1.54) is 13.1 Å². The minimum absolute atomic E-state index is 0.110. The molecule has 5 nitrogen and oxygen atoms in total. The number of anilines is 1. The predicted molar refractivity (Wildman–Crippen MR) is 78.5 cm³/mol. The Kier molecular flexibility index (Phi) is 4.33. The lowest BCUT2D eigenvalue weighted by molar-refractivity contribution is 0.544. The average molecular weight is 334 g/mol. The fraction of sp³-hybridized carbons (Fsp3) is 0.417. The van der Waals surface area contributed by atoms with Crippen LogP contribution >= 0.6 is 23.2 Å². The number of halogens is 2. The van der Waals surface area contributed by atoms with Crippen molar-refractivity contribution in [2.24, 2.45) is 0 Å². The van der Waals surface area contributed by atoms with E-state index in [4.69, 9.17) is 28.5 Å². The zero-order chi connectivity index (χ0) is 14.9. The van der Waals surface area contributed by atoms with Crippen LogP contribution in [-0.2, 0) is 10.0 Å². The molecule has 1 saturated heterocycles. The largest absolute Gasteiger partial charge is 0.370 e. The Morgan fingerprint density at radius 3 is 2.45 bits per heavy atom. The van der Waals surface area contributed by atoms with Crippen molar-refractivity contribution < 1.29 is 8.42 Å². The van der Waals surface area contributed by atoms with Crippen LogP contribution in [0.5, 0.6) is 0 Å². The molecule has 20 heavy (non-hydrogen) atoms. The smallest absolute Gasteiger partial charge is 0.273 e. The summed E-state index contributed by atoms with van der Waals surface area (Å²) in [4.78, 5) is 1.86. The third-order valence-corrected chi connectivity index (χ3v) is 5.62. The van der Waals surface area contributed by atoms with Crippen molar-refractivity contribution in [3.8, 4) is 6.19 Å². The van der Waals surface area contributed by atoms with Gasteiger partial charge in [0.2, 0.25) is 0 Å². The molecule has 0 aliphatic carbocycles. The van der Waals surface area contributed by atoms with Gasteiger partial charge in [0.25, 0.3) is 10.0 Å². The molecule has 1 heterocycles. The summed E-state index contributed by atoms with van der Waals surface area (Å²) in [6.07, 6.45) is 3.63. The lowest BCUT2D eigenvalue weighted by atomic mass is 10.3. The van der Waals surface area contributed by atoms with Gasteiger partial charge in [0.05, 0.1) is 10.7 Å². The highest BCUT2D eigenvalue weighted by molar-refractivity contribution is 7.89. The molecule has 1 aliphatic heterocycles. The van der Waals surface area contributed by atoms with Crippen LogP contribution in [0.4, 0.5) is 5.69 Å². The Labute approximate surface area is 128 Å². The van der Waals surface area contributed by atoms with Gasteiger partial charge in [-0.05, 0) is 25.0 Å². The van der Waals surface area contributed by atoms with Gasteiger partial charge in [-0.3, -0.25) is 0 Å². The van der Waals surface area contributed by atoms with Crippen LogP contribution in [0.2, 0.25) is 10.0 Å². The van der Waals surface area contributed by atoms with Crippen LogP contribution in [0.1, 0.15) is 12.8 Å². The van der Waals surface area contributed by atoms with E-state index in [2.05, 4.69) is 0 Å². The monoisotopic (exact) mass is 333 g/mol. The molecule has 0 amide bonds. The molecule has 108 valence electrons. The minimum Gasteiger partial charge on any atom is -0.370 e. The second kappa shape index (κ2) is 5.68. The van der Waals surface area contributed by atoms with E-state index in [1.807, 2.05) is 4.90 Å². The summed E-state index contributed by atoms with van der Waals surface area (Å²) in [6.45, 7) is 1.63. The van der Waals surface area contributed by atoms with Gasteiger partial charge in [0.1, 0.15) is 4.90 Å². The summed E-state index contributed by atoms with van der Waals surface area (Å²) >= 11 is 12.2. The highest BCUT2D eigenvalue weighted by atomic mass is 35.5. The number of hydrogen-bond acceptors (Lipinski definition) is 4. The summed E-state index contributed by atoms with van der Waals surface area (Å²) in [5.41, 5.74) is 0.599. The van der Waals surface area contributed by atoms with E-state index < -0.39 is 10.0 Å². The van der Waals surface area contributed by atoms with Crippen molar-refractivity contribution in [2.75, 3.05) is 25.0 Å². The van der Waals surface area contributed by atoms with E-state index in [0.717, 1.165) is 25.9 Å². The van der Waals surface area contributed by atoms with E-state index in [-0.39, 0.29) is 14.9 Å². The molecular formula is C12H13Cl2N3O2S. The zero-order valence-corrected chi connectivity index (χ0v) is 13.1. The first-order valence-electron chi connectivity index (χ1n) is 6.00. The highest BCUT2D eigenvalue weighted by Crippen LogP contribution is 2.37. The molecule has 0 saturated carbocycles. The molecule has 0 unspecified atom stereocenters. The molecule has 1 fully saturated rings. The van der Waals surface area contributed by atoms with Crippen molar-refractivity contribution in [3.05, 3.63) is 22.2 Å². The molecule has 0 atom stereocenters. The standard InChI is InChI=1S/C12H13Cl2N3O2S/c1-16(8-15)20(18,19)11-7-9(13)6-10(12(11)14)17-4-2-3-5-17/h6-7H,2-5H2,1H3. The number of nitrogens with zero attached hydrogens (tertiary/aromatic N) is 3. The maximum absolute atomic E-state index is 12.2. The minimum atomic E-state index is -3.97. The van der Waals surface area contributed by atoms with Gasteiger partial charge in [-0.2, -0.15) is 5.26 Å². The fourth-order valence-corrected chi connectivity index (χ4v) is 3.94. The molecule has 1 aromatic rings. The van der Waals surface area contributed by atoms with E-state index >= 15 is 0 Å². The Morgan fingerprint density at radius 1 is 1.30 bits per heavy atom. The molecule has 8 heteroatoms. The van der Waals surface area contributed by atoms with Crippen LogP contribution in [0, 0.1) is 11.5 Å². The van der Waals surface area contributed by atoms with Gasteiger partial charge in [-0.25, -0.2) is 12.7 Å². The van der Waals surface area contributed by atoms with E-state index in [0.29, 0.717) is 9.99 Å². The summed E-state index contributed by atoms with van der Waals surface area (Å²) in [5.74, 6) is 0. The van der Waals surface area contributed by atoms with Gasteiger partial charge < -0.3 is 4.90 Å². The van der Waals surface area contributed by atoms with Gasteiger partial charge in [0.15, 0.2) is 6.19 Å². The number of hydrogen-bond donors (Lipinski definition) is 0. The van der Waals surface area contributed by atoms with Gasteiger partial charge in [-0.1, -0.05) is 23.2 Å². The highest BCUT2D eigenvalue weighted by Gasteiger charge is 2.27. The first-order chi connectivity index (χ1) is 9.37. The number of nitriles is 1. The third kappa shape index (κ3) is 2.66. The lowest BCUT2D eigenvalue weighted by Gasteiger charge is -2.22. The van der Waals surface area contributed by atoms with E-state index in [9.17, 15) is 8.42 Å². The average Bonchev–Trinajstić information content (AvgIpc) is 2.93. The van der Waals surface area contributed by atoms with Crippen molar-refractivity contribution in [3.63, 3.8) is 0 Å². The van der Waals surface area contributed by atoms with Gasteiger partial charge in [-0.15, -0.1) is 0 Å². The Bertz CT molecular complexity index is 664. The van der Waals surface area contributed by atoms with Crippen molar-refractivity contribution in [2.45, 2.75) is 17.7 Å². The van der Waals surface area contributed by atoms with Crippen LogP contribution in [0.25, 0.3) is 0 Å². The predicted octanol–water partition coefficient (Wildman–Crippen LogP) is 2.70. The summed E-state index contributed by atoms with van der Waals surface area (Å²) in [5, 5.41) is 9.17. The van der Waals surface area contributed by atoms with Crippen molar-refractivity contribution >= 4 is 38.9 Å². The first-order valence-corrected chi connectivity index (χ1v) is 8.20. The van der Waals surface area contributed by atoms with Crippen LogP contribution in [-0.4, -0.2) is 32.9 Å². The van der Waals surface area contributed by atoms with Crippen molar-refractivity contribution in [1.29, 1.82) is 5.26 Å². The molecule has 0 spiro atoms. The SMILES string of the molecule is CN(C#N)S(=O)(=O)c1cc(Cl)cc(N2CCCC2)c1Cl. The third-order valence-electron chi connectivity index (χ3n) is 3.21. The Hall–Kier alpha value is -1.16. The molecule has 2 rings (SSSR count). The second-order valence-electron chi connectivity index (χ2n) is 4.50. The fourth-order valence-electron chi connectivity index (χ4n) is 2.13. The topological polar surface area (TPSA) is 64.4 Å². The lowest BCUT2D eigenvalue weighted by Crippen LogP contribution is -2.24. The van der Waals surface area contributed by atoms with Crippen LogP contribution < -0.4 is 4.90 Å². The summed E-state index contributed by atoms with van der Waals surface area (Å²) in [6, 6.07) is 2.92. The van der Waals surface area contributed by atoms with Gasteiger partial charge in [0, 0.05) is 25.2 Å². The molecular weight excluding hydrogens is 321 g/mol. The maximum atomic E-state index is 12.2. The number of sulfonamides is 1. The number of benzene rings is 1. The van der Waals surface area contributed by atoms with E-state index in [1.54, 1.807) is 12.3 Å². The van der Waals surface area contributed by atoms with Crippen molar-refractivity contribution in [1.82, 2.24) is 4.31 Å². The second-order valence-corrected chi connectivity index (χ2v) is 7.26. The summed E-state index contributed by atoms with van der Waals surface area (Å²) in [7, 11) is -2.80. The molecule has 1 aliphatic rings. The quantitative estimate of drug-likeness (QED) is 0.630. The molecule has 0 bridgehead atoms. The molecule has 0 radical (unpaired) electrons. The molecule has 0 N–H and O–H groups in total. The molecule has 0 aromatic heterocycles. The Balaban J connectivity index is 2.58. The normalized spacial score (nSPS) is 15.2. The maximum Gasteiger partial charge on any atom is 0.273 e. The van der Waals surface area contributed by atoms with Crippen LogP contribution in [0.15, 0.2) is 17.0 Å². The Morgan fingerprint density at radius 2 is 1.90 bits per heavy atom. The molecule has 1 aromatic carbocycles. The van der Waals surface area contributed by atoms with Crippen LogP contribution in [0.3, 0.4) is 0 Å². The number of rotatable bonds is 3. The summed E-state index contributed by atoms with van der Waals surface area (Å²) < 4.78 is 25.1. The zero-order valence-electron chi connectivity index (χ0n) is 10.8. The first kappa shape index (κ1) is 15.2. The van der Waals surface area contributed by atoms with Gasteiger partial charge >= 0.3 is 0 Å².